The molecule has 120 valence electrons. The van der Waals surface area contributed by atoms with E-state index in [4.69, 9.17) is 4.74 Å². The minimum Gasteiger partial charge on any atom is -0.374 e. The van der Waals surface area contributed by atoms with Crippen LogP contribution in [-0.4, -0.2) is 46.1 Å². The van der Waals surface area contributed by atoms with Crippen molar-refractivity contribution in [2.75, 3.05) is 13.2 Å². The van der Waals surface area contributed by atoms with Crippen molar-refractivity contribution in [3.8, 4) is 10.7 Å². The van der Waals surface area contributed by atoms with Crippen LogP contribution in [0.3, 0.4) is 0 Å². The van der Waals surface area contributed by atoms with Gasteiger partial charge in [0.1, 0.15) is 5.01 Å². The van der Waals surface area contributed by atoms with Crippen molar-refractivity contribution in [1.82, 2.24) is 14.9 Å². The molecule has 23 heavy (non-hydrogen) atoms. The van der Waals surface area contributed by atoms with Crippen molar-refractivity contribution >= 4 is 17.2 Å². The molecule has 0 aromatic carbocycles. The third-order valence-corrected chi connectivity index (χ3v) is 5.48. The summed E-state index contributed by atoms with van der Waals surface area (Å²) < 4.78 is 5.78. The Hall–Kier alpha value is -1.79. The number of rotatable bonds is 3. The first-order valence-corrected chi connectivity index (χ1v) is 8.96. The molecule has 6 heteroatoms. The van der Waals surface area contributed by atoms with Gasteiger partial charge >= 0.3 is 0 Å². The van der Waals surface area contributed by atoms with Crippen LogP contribution in [-0.2, 0) is 16.0 Å². The highest BCUT2D eigenvalue weighted by molar-refractivity contribution is 7.13. The van der Waals surface area contributed by atoms with Crippen molar-refractivity contribution in [2.45, 2.75) is 37.8 Å². The number of fused-ring (bicyclic) bond motifs is 1. The number of thiazole rings is 1. The summed E-state index contributed by atoms with van der Waals surface area (Å²) in [5, 5.41) is 2.84. The summed E-state index contributed by atoms with van der Waals surface area (Å²) >= 11 is 1.54. The summed E-state index contributed by atoms with van der Waals surface area (Å²) in [5.41, 5.74) is 1.69. The first kappa shape index (κ1) is 14.8. The smallest absolute Gasteiger partial charge is 0.229 e. The van der Waals surface area contributed by atoms with Crippen molar-refractivity contribution in [2.24, 2.45) is 0 Å². The third kappa shape index (κ3) is 3.01. The molecular weight excluding hydrogens is 310 g/mol. The molecule has 2 aliphatic rings. The molecule has 1 aliphatic carbocycles. The fraction of sp³-hybridized carbons (Fsp3) is 0.471. The summed E-state index contributed by atoms with van der Waals surface area (Å²) in [4.78, 5) is 23.6. The summed E-state index contributed by atoms with van der Waals surface area (Å²) in [6.45, 7) is 1.36. The molecule has 1 saturated carbocycles. The molecule has 0 radical (unpaired) electrons. The molecule has 1 amide bonds. The lowest BCUT2D eigenvalue weighted by Gasteiger charge is -2.37. The number of hydrogen-bond acceptors (Lipinski definition) is 5. The molecule has 2 atom stereocenters. The summed E-state index contributed by atoms with van der Waals surface area (Å²) in [6.07, 6.45) is 5.66. The van der Waals surface area contributed by atoms with E-state index >= 15 is 0 Å². The number of carbonyl (C=O) groups is 1. The summed E-state index contributed by atoms with van der Waals surface area (Å²) in [6, 6.07) is 6.04. The third-order valence-electron chi connectivity index (χ3n) is 4.57. The number of nitrogens with zero attached hydrogens (tertiary/aromatic N) is 3. The predicted octanol–water partition coefficient (Wildman–Crippen LogP) is 2.53. The highest BCUT2D eigenvalue weighted by Crippen LogP contribution is 2.30. The number of aromatic nitrogens is 2. The number of pyridine rings is 1. The van der Waals surface area contributed by atoms with E-state index in [0.717, 1.165) is 35.7 Å². The second-order valence-electron chi connectivity index (χ2n) is 6.03. The molecule has 1 saturated heterocycles. The molecule has 5 nitrogen and oxygen atoms in total. The Morgan fingerprint density at radius 3 is 3.22 bits per heavy atom. The van der Waals surface area contributed by atoms with E-state index in [9.17, 15) is 4.79 Å². The number of morpholine rings is 1. The Balaban J connectivity index is 1.46. The summed E-state index contributed by atoms with van der Waals surface area (Å²) in [7, 11) is 0. The minimum absolute atomic E-state index is 0.170. The average molecular weight is 329 g/mol. The van der Waals surface area contributed by atoms with E-state index in [1.54, 1.807) is 17.5 Å². The molecule has 0 N–H and O–H groups in total. The van der Waals surface area contributed by atoms with Crippen LogP contribution < -0.4 is 0 Å². The van der Waals surface area contributed by atoms with Crippen molar-refractivity contribution < 1.29 is 9.53 Å². The van der Waals surface area contributed by atoms with Gasteiger partial charge in [0.05, 0.1) is 36.6 Å². The lowest BCUT2D eigenvalue weighted by molar-refractivity contribution is -0.143. The Morgan fingerprint density at radius 2 is 2.35 bits per heavy atom. The van der Waals surface area contributed by atoms with Crippen LogP contribution >= 0.6 is 11.3 Å². The van der Waals surface area contributed by atoms with E-state index in [-0.39, 0.29) is 18.1 Å². The largest absolute Gasteiger partial charge is 0.374 e. The molecular formula is C17H19N3O2S. The Morgan fingerprint density at radius 1 is 1.39 bits per heavy atom. The monoisotopic (exact) mass is 329 g/mol. The second-order valence-corrected chi connectivity index (χ2v) is 6.89. The molecule has 4 rings (SSSR count). The SMILES string of the molecule is O=C(Cc1csc(-c2ccccn2)n1)N1CCOC2CCCC21. The van der Waals surface area contributed by atoms with E-state index in [0.29, 0.717) is 19.6 Å². The van der Waals surface area contributed by atoms with Crippen molar-refractivity contribution in [3.05, 3.63) is 35.5 Å². The zero-order valence-corrected chi connectivity index (χ0v) is 13.7. The maximum absolute atomic E-state index is 12.7. The molecule has 2 unspecified atom stereocenters. The van der Waals surface area contributed by atoms with Gasteiger partial charge in [-0.3, -0.25) is 9.78 Å². The van der Waals surface area contributed by atoms with Crippen LogP contribution in [0, 0.1) is 0 Å². The van der Waals surface area contributed by atoms with Gasteiger partial charge < -0.3 is 9.64 Å². The van der Waals surface area contributed by atoms with Crippen molar-refractivity contribution in [3.63, 3.8) is 0 Å². The predicted molar refractivity (Wildman–Crippen MR) is 88.1 cm³/mol. The topological polar surface area (TPSA) is 55.3 Å². The van der Waals surface area contributed by atoms with Gasteiger partial charge in [-0.15, -0.1) is 11.3 Å². The first-order valence-electron chi connectivity index (χ1n) is 8.08. The zero-order chi connectivity index (χ0) is 15.6. The van der Waals surface area contributed by atoms with Crippen LogP contribution in [0.2, 0.25) is 0 Å². The summed E-state index contributed by atoms with van der Waals surface area (Å²) in [5.74, 6) is 0.170. The average Bonchev–Trinajstić information content (AvgIpc) is 3.24. The Kier molecular flexibility index (Phi) is 4.10. The van der Waals surface area contributed by atoms with Gasteiger partial charge in [0.15, 0.2) is 0 Å². The van der Waals surface area contributed by atoms with Gasteiger partial charge in [-0.2, -0.15) is 0 Å². The quantitative estimate of drug-likeness (QED) is 0.868. The highest BCUT2D eigenvalue weighted by atomic mass is 32.1. The van der Waals surface area contributed by atoms with Gasteiger partial charge in [-0.25, -0.2) is 4.98 Å². The number of carbonyl (C=O) groups excluding carboxylic acids is 1. The van der Waals surface area contributed by atoms with E-state index in [1.165, 1.54) is 0 Å². The number of ether oxygens (including phenoxy) is 1. The van der Waals surface area contributed by atoms with Crippen LogP contribution in [0.4, 0.5) is 0 Å². The maximum Gasteiger partial charge on any atom is 0.229 e. The maximum atomic E-state index is 12.7. The van der Waals surface area contributed by atoms with Gasteiger partial charge in [-0.1, -0.05) is 6.07 Å². The minimum atomic E-state index is 0.170. The van der Waals surface area contributed by atoms with E-state index < -0.39 is 0 Å². The number of amides is 1. The molecule has 2 aromatic heterocycles. The highest BCUT2D eigenvalue weighted by Gasteiger charge is 2.38. The number of hydrogen-bond donors (Lipinski definition) is 0. The molecule has 1 aliphatic heterocycles. The van der Waals surface area contributed by atoms with Crippen LogP contribution in [0.1, 0.15) is 25.0 Å². The molecule has 3 heterocycles. The standard InChI is InChI=1S/C17H19N3O2S/c21-16(20-8-9-22-15-6-3-5-14(15)20)10-12-11-23-17(19-12)13-4-1-2-7-18-13/h1-2,4,7,11,14-15H,3,5-6,8-10H2. The second kappa shape index (κ2) is 6.37. The van der Waals surface area contributed by atoms with Crippen molar-refractivity contribution in [1.29, 1.82) is 0 Å². The van der Waals surface area contributed by atoms with Gasteiger partial charge in [0.25, 0.3) is 0 Å². The molecule has 2 aromatic rings. The first-order chi connectivity index (χ1) is 11.3. The van der Waals surface area contributed by atoms with Gasteiger partial charge in [0, 0.05) is 18.1 Å². The Labute approximate surface area is 139 Å². The van der Waals surface area contributed by atoms with E-state index in [2.05, 4.69) is 9.97 Å². The van der Waals surface area contributed by atoms with Crippen LogP contribution in [0.25, 0.3) is 10.7 Å². The van der Waals surface area contributed by atoms with E-state index in [1.807, 2.05) is 28.5 Å². The van der Waals surface area contributed by atoms with Gasteiger partial charge in [-0.05, 0) is 31.4 Å². The molecule has 0 bridgehead atoms. The molecule has 2 fully saturated rings. The fourth-order valence-electron chi connectivity index (χ4n) is 3.49. The van der Waals surface area contributed by atoms with Crippen LogP contribution in [0.5, 0.6) is 0 Å². The fourth-order valence-corrected chi connectivity index (χ4v) is 4.28. The lowest BCUT2D eigenvalue weighted by atomic mass is 10.1. The van der Waals surface area contributed by atoms with Gasteiger partial charge in [0.2, 0.25) is 5.91 Å². The molecule has 0 spiro atoms. The Bertz CT molecular complexity index is 688. The van der Waals surface area contributed by atoms with Crippen LogP contribution in [0.15, 0.2) is 29.8 Å². The normalized spacial score (nSPS) is 23.7. The zero-order valence-electron chi connectivity index (χ0n) is 12.9. The lowest BCUT2D eigenvalue weighted by Crippen LogP contribution is -2.51.